The summed E-state index contributed by atoms with van der Waals surface area (Å²) in [6, 6.07) is 16.3. The Balaban J connectivity index is 1.60. The van der Waals surface area contributed by atoms with Gasteiger partial charge in [0.25, 0.3) is 0 Å². The molecule has 0 saturated carbocycles. The summed E-state index contributed by atoms with van der Waals surface area (Å²) >= 11 is 0. The summed E-state index contributed by atoms with van der Waals surface area (Å²) in [4.78, 5) is 53.7. The first kappa shape index (κ1) is 26.1. The first-order chi connectivity index (χ1) is 17.7. The maximum absolute atomic E-state index is 13.5. The van der Waals surface area contributed by atoms with Crippen molar-refractivity contribution in [1.29, 1.82) is 0 Å². The summed E-state index contributed by atoms with van der Waals surface area (Å²) < 4.78 is 10.7. The average molecular weight is 505 g/mol. The van der Waals surface area contributed by atoms with Crippen molar-refractivity contribution in [3.8, 4) is 0 Å². The van der Waals surface area contributed by atoms with Gasteiger partial charge in [-0.15, -0.1) is 0 Å². The van der Waals surface area contributed by atoms with Gasteiger partial charge >= 0.3 is 12.1 Å². The number of hydrogen-bond donors (Lipinski definition) is 0. The second kappa shape index (κ2) is 11.0. The molecule has 0 aromatic heterocycles. The minimum atomic E-state index is -0.838. The fourth-order valence-corrected chi connectivity index (χ4v) is 4.76. The molecule has 4 atom stereocenters. The molecule has 0 bridgehead atoms. The van der Waals surface area contributed by atoms with E-state index in [0.29, 0.717) is 6.29 Å². The monoisotopic (exact) mass is 504 g/mol. The van der Waals surface area contributed by atoms with E-state index in [0.717, 1.165) is 11.1 Å². The zero-order valence-electron chi connectivity index (χ0n) is 21.3. The van der Waals surface area contributed by atoms with Crippen molar-refractivity contribution in [2.24, 2.45) is 0 Å². The Labute approximate surface area is 216 Å². The van der Waals surface area contributed by atoms with Crippen molar-refractivity contribution >= 4 is 30.3 Å². The van der Waals surface area contributed by atoms with Crippen LogP contribution < -0.4 is 0 Å². The summed E-state index contributed by atoms with van der Waals surface area (Å²) in [5.74, 6) is -0.795. The highest BCUT2D eigenvalue weighted by Crippen LogP contribution is 2.38. The second-order valence-electron chi connectivity index (χ2n) is 10.2. The Morgan fingerprint density at radius 3 is 2.35 bits per heavy atom. The Bertz CT molecular complexity index is 1160. The molecular formula is C29H32N2O6. The van der Waals surface area contributed by atoms with Crippen LogP contribution in [0.1, 0.15) is 50.8 Å². The SMILES string of the molecule is CC(C)(C)OC(=O)CC[C@@H](C=O)N1C(=O)[C@@H](N2C(=O)OC[C@@H]2c2ccccc2)[C@H]1/C=C/c1ccccc1. The Morgan fingerprint density at radius 1 is 1.08 bits per heavy atom. The molecule has 0 N–H and O–H groups in total. The maximum atomic E-state index is 13.5. The van der Waals surface area contributed by atoms with Crippen LogP contribution in [0.15, 0.2) is 66.7 Å². The summed E-state index contributed by atoms with van der Waals surface area (Å²) in [6.07, 6.45) is 3.92. The molecule has 0 aliphatic carbocycles. The molecule has 2 aromatic rings. The normalized spacial score (nSPS) is 22.5. The molecule has 0 radical (unpaired) electrons. The van der Waals surface area contributed by atoms with Gasteiger partial charge in [-0.1, -0.05) is 72.8 Å². The quantitative estimate of drug-likeness (QED) is 0.289. The number of benzene rings is 2. The first-order valence-electron chi connectivity index (χ1n) is 12.4. The van der Waals surface area contributed by atoms with Crippen molar-refractivity contribution in [2.75, 3.05) is 6.61 Å². The Hall–Kier alpha value is -3.94. The smallest absolute Gasteiger partial charge is 0.411 e. The van der Waals surface area contributed by atoms with Gasteiger partial charge in [-0.2, -0.15) is 0 Å². The van der Waals surface area contributed by atoms with E-state index in [-0.39, 0.29) is 25.4 Å². The van der Waals surface area contributed by atoms with Crippen molar-refractivity contribution in [3.63, 3.8) is 0 Å². The van der Waals surface area contributed by atoms with Crippen LogP contribution in [0, 0.1) is 0 Å². The number of amides is 2. The predicted molar refractivity (Wildman–Crippen MR) is 137 cm³/mol. The number of rotatable bonds is 9. The standard InChI is InChI=1S/C29H32N2O6/c1-29(2,3)37-25(33)17-15-22(18-32)30-23(16-14-20-10-6-4-7-11-20)26(27(30)34)31-24(19-36-28(31)35)21-12-8-5-9-13-21/h4-14,16,18,22-24,26H,15,17,19H2,1-3H3/b16-14+/t22-,23+,24+,26-/m0/s1. The lowest BCUT2D eigenvalue weighted by Crippen LogP contribution is -2.72. The summed E-state index contributed by atoms with van der Waals surface area (Å²) in [5, 5.41) is 0. The van der Waals surface area contributed by atoms with E-state index in [4.69, 9.17) is 9.47 Å². The van der Waals surface area contributed by atoms with Crippen LogP contribution in [0.25, 0.3) is 6.08 Å². The first-order valence-corrected chi connectivity index (χ1v) is 12.4. The number of esters is 1. The van der Waals surface area contributed by atoms with Gasteiger partial charge in [-0.05, 0) is 38.3 Å². The number of hydrogen-bond acceptors (Lipinski definition) is 6. The van der Waals surface area contributed by atoms with Gasteiger partial charge in [0.05, 0.1) is 18.1 Å². The largest absolute Gasteiger partial charge is 0.460 e. The number of carbonyl (C=O) groups excluding carboxylic acids is 4. The molecule has 8 nitrogen and oxygen atoms in total. The number of ether oxygens (including phenoxy) is 2. The molecule has 0 unspecified atom stereocenters. The van der Waals surface area contributed by atoms with Crippen LogP contribution in [-0.4, -0.2) is 64.4 Å². The van der Waals surface area contributed by atoms with Gasteiger partial charge in [0.2, 0.25) is 5.91 Å². The zero-order valence-corrected chi connectivity index (χ0v) is 21.3. The molecule has 2 amide bonds. The van der Waals surface area contributed by atoms with Gasteiger partial charge in [0.15, 0.2) is 0 Å². The van der Waals surface area contributed by atoms with E-state index >= 15 is 0 Å². The highest BCUT2D eigenvalue weighted by Gasteiger charge is 2.56. The third-order valence-electron chi connectivity index (χ3n) is 6.41. The lowest BCUT2D eigenvalue weighted by Gasteiger charge is -2.51. The molecule has 8 heteroatoms. The molecule has 2 aliphatic heterocycles. The van der Waals surface area contributed by atoms with Crippen molar-refractivity contribution in [1.82, 2.24) is 9.80 Å². The molecule has 194 valence electrons. The number of carbonyl (C=O) groups is 4. The van der Waals surface area contributed by atoms with Crippen LogP contribution in [0.5, 0.6) is 0 Å². The molecule has 0 spiro atoms. The lowest BCUT2D eigenvalue weighted by atomic mass is 9.87. The topological polar surface area (TPSA) is 93.2 Å². The van der Waals surface area contributed by atoms with Crippen LogP contribution in [0.3, 0.4) is 0 Å². The van der Waals surface area contributed by atoms with E-state index in [1.54, 1.807) is 20.8 Å². The zero-order chi connectivity index (χ0) is 26.6. The summed E-state index contributed by atoms with van der Waals surface area (Å²) in [5.41, 5.74) is 1.14. The number of likely N-dealkylation sites (tertiary alicyclic amines) is 1. The van der Waals surface area contributed by atoms with Gasteiger partial charge in [0, 0.05) is 6.42 Å². The van der Waals surface area contributed by atoms with E-state index in [2.05, 4.69) is 0 Å². The highest BCUT2D eigenvalue weighted by atomic mass is 16.6. The van der Waals surface area contributed by atoms with Crippen LogP contribution in [0.4, 0.5) is 4.79 Å². The molecule has 2 aromatic carbocycles. The third kappa shape index (κ3) is 5.90. The third-order valence-corrected chi connectivity index (χ3v) is 6.41. The lowest BCUT2D eigenvalue weighted by molar-refractivity contribution is -0.162. The minimum Gasteiger partial charge on any atom is -0.460 e. The van der Waals surface area contributed by atoms with Crippen molar-refractivity contribution in [3.05, 3.63) is 77.9 Å². The molecule has 4 rings (SSSR count). The molecule has 2 aliphatic rings. The van der Waals surface area contributed by atoms with Crippen LogP contribution in [0.2, 0.25) is 0 Å². The van der Waals surface area contributed by atoms with Crippen LogP contribution >= 0.6 is 0 Å². The van der Waals surface area contributed by atoms with Gasteiger partial charge in [-0.25, -0.2) is 4.79 Å². The number of β-lactam (4-membered cyclic amide) rings is 1. The van der Waals surface area contributed by atoms with E-state index < -0.39 is 41.8 Å². The molecule has 2 fully saturated rings. The molecule has 2 heterocycles. The fourth-order valence-electron chi connectivity index (χ4n) is 4.76. The fraction of sp³-hybridized carbons (Fsp3) is 0.379. The number of cyclic esters (lactones) is 1. The minimum absolute atomic E-state index is 0.0113. The number of nitrogens with zero attached hydrogens (tertiary/aromatic N) is 2. The second-order valence-corrected chi connectivity index (χ2v) is 10.2. The highest BCUT2D eigenvalue weighted by molar-refractivity contribution is 5.96. The van der Waals surface area contributed by atoms with E-state index in [1.807, 2.05) is 72.8 Å². The van der Waals surface area contributed by atoms with Crippen molar-refractivity contribution in [2.45, 2.75) is 63.4 Å². The average Bonchev–Trinajstić information content (AvgIpc) is 3.24. The summed E-state index contributed by atoms with van der Waals surface area (Å²) in [7, 11) is 0. The Kier molecular flexibility index (Phi) is 7.76. The summed E-state index contributed by atoms with van der Waals surface area (Å²) in [6.45, 7) is 5.45. The molecule has 2 saturated heterocycles. The van der Waals surface area contributed by atoms with Gasteiger partial charge in [-0.3, -0.25) is 14.5 Å². The molecule has 37 heavy (non-hydrogen) atoms. The molecular weight excluding hydrogens is 472 g/mol. The van der Waals surface area contributed by atoms with Crippen LogP contribution in [-0.2, 0) is 23.9 Å². The Morgan fingerprint density at radius 2 is 1.73 bits per heavy atom. The van der Waals surface area contributed by atoms with E-state index in [9.17, 15) is 19.2 Å². The van der Waals surface area contributed by atoms with E-state index in [1.165, 1.54) is 9.80 Å². The van der Waals surface area contributed by atoms with Gasteiger partial charge in [0.1, 0.15) is 24.5 Å². The van der Waals surface area contributed by atoms with Crippen molar-refractivity contribution < 1.29 is 28.7 Å². The number of aldehydes is 1. The van der Waals surface area contributed by atoms with Gasteiger partial charge < -0.3 is 19.2 Å². The predicted octanol–water partition coefficient (Wildman–Crippen LogP) is 4.16. The maximum Gasteiger partial charge on any atom is 0.411 e.